The number of nitrogens with one attached hydrogen (secondary N) is 2. The standard InChI is InChI=1S/C16H16N2O5/c1-9-5-11(10(2)23-9)7-17-15(19)16(20)18-12-3-4-13-14(6-12)22-8-21-13/h3-6H,7-8H2,1-2H3,(H,17,19)(H,18,20). The first kappa shape index (κ1) is 15.0. The smallest absolute Gasteiger partial charge is 0.313 e. The van der Waals surface area contributed by atoms with Crippen molar-refractivity contribution in [2.75, 3.05) is 12.1 Å². The summed E-state index contributed by atoms with van der Waals surface area (Å²) in [6.07, 6.45) is 0. The Bertz CT molecular complexity index is 766. The Kier molecular flexibility index (Phi) is 3.92. The third-order valence-corrected chi connectivity index (χ3v) is 3.42. The van der Waals surface area contributed by atoms with Crippen LogP contribution in [0.25, 0.3) is 0 Å². The van der Waals surface area contributed by atoms with Crippen LogP contribution in [0.2, 0.25) is 0 Å². The second-order valence-corrected chi connectivity index (χ2v) is 5.14. The van der Waals surface area contributed by atoms with Crippen LogP contribution in [0, 0.1) is 13.8 Å². The molecular weight excluding hydrogens is 300 g/mol. The lowest BCUT2D eigenvalue weighted by Gasteiger charge is -2.07. The fourth-order valence-electron chi connectivity index (χ4n) is 2.28. The summed E-state index contributed by atoms with van der Waals surface area (Å²) in [5.74, 6) is 1.16. The van der Waals surface area contributed by atoms with E-state index in [1.165, 1.54) is 0 Å². The Hall–Kier alpha value is -2.96. The molecule has 7 nitrogen and oxygen atoms in total. The van der Waals surface area contributed by atoms with Crippen molar-refractivity contribution < 1.29 is 23.5 Å². The number of carbonyl (C=O) groups is 2. The number of furan rings is 1. The van der Waals surface area contributed by atoms with Crippen LogP contribution in [0.1, 0.15) is 17.1 Å². The molecule has 2 N–H and O–H groups in total. The third-order valence-electron chi connectivity index (χ3n) is 3.42. The lowest BCUT2D eigenvalue weighted by molar-refractivity contribution is -0.136. The second-order valence-electron chi connectivity index (χ2n) is 5.14. The predicted octanol–water partition coefficient (Wildman–Crippen LogP) is 1.88. The van der Waals surface area contributed by atoms with Crippen molar-refractivity contribution in [3.8, 4) is 11.5 Å². The van der Waals surface area contributed by atoms with Gasteiger partial charge in [-0.15, -0.1) is 0 Å². The number of anilines is 1. The summed E-state index contributed by atoms with van der Waals surface area (Å²) in [5, 5.41) is 5.08. The maximum absolute atomic E-state index is 11.9. The maximum Gasteiger partial charge on any atom is 0.313 e. The molecule has 7 heteroatoms. The van der Waals surface area contributed by atoms with E-state index < -0.39 is 11.8 Å². The number of aryl methyl sites for hydroxylation is 2. The Balaban J connectivity index is 1.57. The molecule has 1 aliphatic rings. The number of amides is 2. The number of hydrogen-bond acceptors (Lipinski definition) is 5. The molecule has 0 fully saturated rings. The maximum atomic E-state index is 11.9. The molecule has 0 bridgehead atoms. The Morgan fingerprint density at radius 1 is 1.09 bits per heavy atom. The zero-order valence-corrected chi connectivity index (χ0v) is 12.8. The van der Waals surface area contributed by atoms with Crippen LogP contribution >= 0.6 is 0 Å². The summed E-state index contributed by atoms with van der Waals surface area (Å²) >= 11 is 0. The van der Waals surface area contributed by atoms with Crippen molar-refractivity contribution in [2.24, 2.45) is 0 Å². The van der Waals surface area contributed by atoms with E-state index in [1.807, 2.05) is 13.0 Å². The molecule has 1 aromatic carbocycles. The summed E-state index contributed by atoms with van der Waals surface area (Å²) in [6, 6.07) is 6.75. The summed E-state index contributed by atoms with van der Waals surface area (Å²) in [7, 11) is 0. The molecular formula is C16H16N2O5. The molecule has 120 valence electrons. The van der Waals surface area contributed by atoms with Crippen molar-refractivity contribution in [1.29, 1.82) is 0 Å². The molecule has 1 aliphatic heterocycles. The highest BCUT2D eigenvalue weighted by Crippen LogP contribution is 2.34. The topological polar surface area (TPSA) is 89.8 Å². The third kappa shape index (κ3) is 3.28. The highest BCUT2D eigenvalue weighted by molar-refractivity contribution is 6.39. The monoisotopic (exact) mass is 316 g/mol. The zero-order valence-electron chi connectivity index (χ0n) is 12.8. The Morgan fingerprint density at radius 2 is 1.87 bits per heavy atom. The van der Waals surface area contributed by atoms with Crippen LogP contribution in [0.4, 0.5) is 5.69 Å². The molecule has 0 aliphatic carbocycles. The van der Waals surface area contributed by atoms with E-state index in [1.54, 1.807) is 25.1 Å². The van der Waals surface area contributed by atoms with Gasteiger partial charge in [0.15, 0.2) is 11.5 Å². The SMILES string of the molecule is Cc1cc(CNC(=O)C(=O)Nc2ccc3c(c2)OCO3)c(C)o1. The second kappa shape index (κ2) is 6.04. The molecule has 2 heterocycles. The molecule has 2 aromatic rings. The molecule has 0 radical (unpaired) electrons. The van der Waals surface area contributed by atoms with Gasteiger partial charge in [0, 0.05) is 23.9 Å². The molecule has 0 spiro atoms. The van der Waals surface area contributed by atoms with Crippen molar-refractivity contribution >= 4 is 17.5 Å². The minimum Gasteiger partial charge on any atom is -0.466 e. The van der Waals surface area contributed by atoms with Crippen LogP contribution in [-0.2, 0) is 16.1 Å². The Labute approximate surface area is 132 Å². The molecule has 3 rings (SSSR count). The van der Waals surface area contributed by atoms with E-state index in [2.05, 4.69) is 10.6 Å². The van der Waals surface area contributed by atoms with Crippen molar-refractivity contribution in [1.82, 2.24) is 5.32 Å². The number of ether oxygens (including phenoxy) is 2. The molecule has 0 atom stereocenters. The molecule has 1 aromatic heterocycles. The molecule has 0 unspecified atom stereocenters. The zero-order chi connectivity index (χ0) is 16.4. The van der Waals surface area contributed by atoms with Crippen molar-refractivity contribution in [3.63, 3.8) is 0 Å². The number of benzene rings is 1. The number of hydrogen-bond donors (Lipinski definition) is 2. The highest BCUT2D eigenvalue weighted by Gasteiger charge is 2.17. The van der Waals surface area contributed by atoms with Crippen LogP contribution < -0.4 is 20.1 Å². The van der Waals surface area contributed by atoms with Gasteiger partial charge in [0.1, 0.15) is 11.5 Å². The minimum absolute atomic E-state index is 0.149. The van der Waals surface area contributed by atoms with Gasteiger partial charge in [-0.1, -0.05) is 0 Å². The van der Waals surface area contributed by atoms with E-state index >= 15 is 0 Å². The van der Waals surface area contributed by atoms with Crippen LogP contribution in [0.15, 0.2) is 28.7 Å². The Morgan fingerprint density at radius 3 is 2.61 bits per heavy atom. The van der Waals surface area contributed by atoms with E-state index in [4.69, 9.17) is 13.9 Å². The molecule has 0 saturated heterocycles. The average Bonchev–Trinajstić information content (AvgIpc) is 3.10. The first-order chi connectivity index (χ1) is 11.0. The molecule has 2 amide bonds. The van der Waals surface area contributed by atoms with E-state index in [0.29, 0.717) is 17.2 Å². The van der Waals surface area contributed by atoms with E-state index in [9.17, 15) is 9.59 Å². The van der Waals surface area contributed by atoms with Gasteiger partial charge in [-0.05, 0) is 32.0 Å². The van der Waals surface area contributed by atoms with E-state index in [0.717, 1.165) is 17.1 Å². The average molecular weight is 316 g/mol. The fraction of sp³-hybridized carbons (Fsp3) is 0.250. The predicted molar refractivity (Wildman–Crippen MR) is 81.2 cm³/mol. The van der Waals surface area contributed by atoms with Gasteiger partial charge in [0.2, 0.25) is 6.79 Å². The summed E-state index contributed by atoms with van der Waals surface area (Å²) < 4.78 is 15.8. The summed E-state index contributed by atoms with van der Waals surface area (Å²) in [4.78, 5) is 23.8. The normalized spacial score (nSPS) is 12.1. The number of rotatable bonds is 3. The first-order valence-corrected chi connectivity index (χ1v) is 7.07. The summed E-state index contributed by atoms with van der Waals surface area (Å²) in [6.45, 7) is 4.01. The minimum atomic E-state index is -0.748. The lowest BCUT2D eigenvalue weighted by Crippen LogP contribution is -2.35. The molecule has 0 saturated carbocycles. The first-order valence-electron chi connectivity index (χ1n) is 7.07. The van der Waals surface area contributed by atoms with Gasteiger partial charge >= 0.3 is 11.8 Å². The van der Waals surface area contributed by atoms with Crippen LogP contribution in [0.5, 0.6) is 11.5 Å². The van der Waals surface area contributed by atoms with Gasteiger partial charge in [0.05, 0.1) is 0 Å². The lowest BCUT2D eigenvalue weighted by atomic mass is 10.2. The van der Waals surface area contributed by atoms with Crippen LogP contribution in [0.3, 0.4) is 0 Å². The van der Waals surface area contributed by atoms with Gasteiger partial charge in [-0.2, -0.15) is 0 Å². The van der Waals surface area contributed by atoms with Gasteiger partial charge in [-0.25, -0.2) is 0 Å². The van der Waals surface area contributed by atoms with Crippen molar-refractivity contribution in [3.05, 3.63) is 41.3 Å². The largest absolute Gasteiger partial charge is 0.466 e. The molecule has 23 heavy (non-hydrogen) atoms. The number of carbonyl (C=O) groups excluding carboxylic acids is 2. The van der Waals surface area contributed by atoms with Gasteiger partial charge in [0.25, 0.3) is 0 Å². The fourth-order valence-corrected chi connectivity index (χ4v) is 2.28. The van der Waals surface area contributed by atoms with Crippen molar-refractivity contribution in [2.45, 2.75) is 20.4 Å². The van der Waals surface area contributed by atoms with E-state index in [-0.39, 0.29) is 13.3 Å². The van der Waals surface area contributed by atoms with Gasteiger partial charge in [-0.3, -0.25) is 9.59 Å². The highest BCUT2D eigenvalue weighted by atomic mass is 16.7. The van der Waals surface area contributed by atoms with Crippen LogP contribution in [-0.4, -0.2) is 18.6 Å². The number of fused-ring (bicyclic) bond motifs is 1. The summed E-state index contributed by atoms with van der Waals surface area (Å²) in [5.41, 5.74) is 1.30. The quantitative estimate of drug-likeness (QED) is 0.844. The van der Waals surface area contributed by atoms with Gasteiger partial charge < -0.3 is 24.5 Å².